The molecule has 1 aliphatic heterocycles. The van der Waals surface area contributed by atoms with Crippen molar-refractivity contribution in [2.24, 2.45) is 0 Å². The first-order chi connectivity index (χ1) is 6.25. The Morgan fingerprint density at radius 3 is 2.92 bits per heavy atom. The molecule has 13 heavy (non-hydrogen) atoms. The largest absolute Gasteiger partial charge is 0.593 e. The zero-order chi connectivity index (χ0) is 9.26. The Hall–Kier alpha value is -0.710. The SMILES string of the molecule is C[S+]([O-])Nc1ccc2c(c1)CNC2. The van der Waals surface area contributed by atoms with Crippen LogP contribution in [0.4, 0.5) is 5.69 Å². The van der Waals surface area contributed by atoms with Crippen LogP contribution in [0.15, 0.2) is 18.2 Å². The minimum Gasteiger partial charge on any atom is -0.593 e. The van der Waals surface area contributed by atoms with Crippen LogP contribution in [-0.2, 0) is 24.5 Å². The fourth-order valence-corrected chi connectivity index (χ4v) is 1.98. The van der Waals surface area contributed by atoms with E-state index < -0.39 is 11.4 Å². The van der Waals surface area contributed by atoms with E-state index in [-0.39, 0.29) is 0 Å². The zero-order valence-corrected chi connectivity index (χ0v) is 8.28. The van der Waals surface area contributed by atoms with Crippen molar-refractivity contribution in [1.82, 2.24) is 5.32 Å². The Kier molecular flexibility index (Phi) is 2.44. The molecule has 4 heteroatoms. The van der Waals surface area contributed by atoms with Crippen molar-refractivity contribution in [3.63, 3.8) is 0 Å². The first-order valence-electron chi connectivity index (χ1n) is 4.18. The number of hydrogen-bond donors (Lipinski definition) is 2. The monoisotopic (exact) mass is 196 g/mol. The summed E-state index contributed by atoms with van der Waals surface area (Å²) >= 11 is -0.983. The summed E-state index contributed by atoms with van der Waals surface area (Å²) in [5, 5.41) is 3.26. The second-order valence-corrected chi connectivity index (χ2v) is 4.26. The highest BCUT2D eigenvalue weighted by Gasteiger charge is 2.10. The van der Waals surface area contributed by atoms with Crippen LogP contribution in [0, 0.1) is 0 Å². The van der Waals surface area contributed by atoms with Gasteiger partial charge < -0.3 is 9.87 Å². The molecule has 70 valence electrons. The lowest BCUT2D eigenvalue weighted by atomic mass is 10.1. The number of nitrogens with one attached hydrogen (secondary N) is 2. The molecule has 0 radical (unpaired) electrons. The van der Waals surface area contributed by atoms with E-state index in [0.29, 0.717) is 0 Å². The number of fused-ring (bicyclic) bond motifs is 1. The van der Waals surface area contributed by atoms with Crippen molar-refractivity contribution in [2.75, 3.05) is 11.0 Å². The van der Waals surface area contributed by atoms with E-state index in [0.717, 1.165) is 18.8 Å². The van der Waals surface area contributed by atoms with Crippen molar-refractivity contribution in [3.05, 3.63) is 29.3 Å². The van der Waals surface area contributed by atoms with Gasteiger partial charge in [0.15, 0.2) is 0 Å². The third kappa shape index (κ3) is 1.96. The maximum Gasteiger partial charge on any atom is 0.121 e. The molecule has 1 heterocycles. The predicted molar refractivity (Wildman–Crippen MR) is 54.7 cm³/mol. The van der Waals surface area contributed by atoms with Crippen LogP contribution >= 0.6 is 0 Å². The molecule has 2 N–H and O–H groups in total. The van der Waals surface area contributed by atoms with E-state index in [4.69, 9.17) is 0 Å². The van der Waals surface area contributed by atoms with Gasteiger partial charge in [0, 0.05) is 13.1 Å². The molecule has 3 nitrogen and oxygen atoms in total. The number of hydrogen-bond acceptors (Lipinski definition) is 3. The molecule has 1 atom stereocenters. The lowest BCUT2D eigenvalue weighted by molar-refractivity contribution is 0.605. The van der Waals surface area contributed by atoms with E-state index >= 15 is 0 Å². The van der Waals surface area contributed by atoms with Gasteiger partial charge in [-0.3, -0.25) is 0 Å². The topological polar surface area (TPSA) is 47.1 Å². The predicted octanol–water partition coefficient (Wildman–Crippen LogP) is 0.995. The first kappa shape index (κ1) is 8.87. The summed E-state index contributed by atoms with van der Waals surface area (Å²) in [6.45, 7) is 1.87. The molecule has 0 aromatic heterocycles. The molecule has 1 aromatic rings. The molecule has 0 amide bonds. The van der Waals surface area contributed by atoms with Crippen molar-refractivity contribution in [1.29, 1.82) is 0 Å². The second-order valence-electron chi connectivity index (χ2n) is 3.14. The van der Waals surface area contributed by atoms with Gasteiger partial charge in [-0.15, -0.1) is 0 Å². The molecule has 2 rings (SSSR count). The average molecular weight is 196 g/mol. The summed E-state index contributed by atoms with van der Waals surface area (Å²) in [5.41, 5.74) is 3.58. The van der Waals surface area contributed by atoms with Gasteiger partial charge in [0.05, 0.1) is 17.0 Å². The van der Waals surface area contributed by atoms with Gasteiger partial charge in [0.1, 0.15) is 6.26 Å². The van der Waals surface area contributed by atoms with Gasteiger partial charge in [-0.1, -0.05) is 6.07 Å². The lowest BCUT2D eigenvalue weighted by Crippen LogP contribution is -2.09. The summed E-state index contributed by atoms with van der Waals surface area (Å²) in [5.74, 6) is 0. The molecule has 0 fully saturated rings. The molecular formula is C9H12N2OS. The Labute approximate surface area is 80.8 Å². The van der Waals surface area contributed by atoms with Crippen LogP contribution in [0.3, 0.4) is 0 Å². The molecule has 0 bridgehead atoms. The smallest absolute Gasteiger partial charge is 0.121 e. The van der Waals surface area contributed by atoms with E-state index in [1.54, 1.807) is 6.26 Å². The Morgan fingerprint density at radius 1 is 1.38 bits per heavy atom. The normalized spacial score (nSPS) is 16.8. The summed E-state index contributed by atoms with van der Waals surface area (Å²) in [4.78, 5) is 0. The Balaban J connectivity index is 2.21. The van der Waals surface area contributed by atoms with Gasteiger partial charge in [0.2, 0.25) is 0 Å². The van der Waals surface area contributed by atoms with Crippen molar-refractivity contribution in [2.45, 2.75) is 13.1 Å². The zero-order valence-electron chi connectivity index (χ0n) is 7.46. The Bertz CT molecular complexity index is 314. The third-order valence-corrected chi connectivity index (χ3v) is 2.62. The van der Waals surface area contributed by atoms with Crippen molar-refractivity contribution >= 4 is 17.0 Å². The minimum absolute atomic E-state index is 0.918. The van der Waals surface area contributed by atoms with Crippen LogP contribution in [-0.4, -0.2) is 10.8 Å². The van der Waals surface area contributed by atoms with E-state index in [1.807, 2.05) is 6.07 Å². The lowest BCUT2D eigenvalue weighted by Gasteiger charge is -2.07. The summed E-state index contributed by atoms with van der Waals surface area (Å²) in [7, 11) is 0. The maximum absolute atomic E-state index is 10.9. The first-order valence-corrected chi connectivity index (χ1v) is 5.74. The highest BCUT2D eigenvalue weighted by Crippen LogP contribution is 2.20. The number of rotatable bonds is 2. The maximum atomic E-state index is 10.9. The van der Waals surface area contributed by atoms with E-state index in [1.165, 1.54) is 11.1 Å². The van der Waals surface area contributed by atoms with Crippen LogP contribution in [0.25, 0.3) is 0 Å². The molecule has 1 aromatic carbocycles. The van der Waals surface area contributed by atoms with Crippen molar-refractivity contribution < 1.29 is 4.55 Å². The fourth-order valence-electron chi connectivity index (χ4n) is 1.52. The van der Waals surface area contributed by atoms with Gasteiger partial charge in [0.25, 0.3) is 0 Å². The molecule has 1 unspecified atom stereocenters. The van der Waals surface area contributed by atoms with Gasteiger partial charge >= 0.3 is 0 Å². The van der Waals surface area contributed by atoms with Crippen molar-refractivity contribution in [3.8, 4) is 0 Å². The van der Waals surface area contributed by atoms with Gasteiger partial charge in [-0.25, -0.2) is 4.72 Å². The number of anilines is 1. The fraction of sp³-hybridized carbons (Fsp3) is 0.333. The summed E-state index contributed by atoms with van der Waals surface area (Å²) in [6.07, 6.45) is 1.63. The molecule has 1 aliphatic rings. The second kappa shape index (κ2) is 3.57. The van der Waals surface area contributed by atoms with E-state index in [9.17, 15) is 4.55 Å². The highest BCUT2D eigenvalue weighted by molar-refractivity contribution is 7.92. The van der Waals surface area contributed by atoms with Crippen LogP contribution in [0.1, 0.15) is 11.1 Å². The molecule has 0 spiro atoms. The minimum atomic E-state index is -0.983. The van der Waals surface area contributed by atoms with E-state index in [2.05, 4.69) is 22.2 Å². The van der Waals surface area contributed by atoms with Crippen LogP contribution < -0.4 is 10.0 Å². The summed E-state index contributed by atoms with van der Waals surface area (Å²) in [6, 6.07) is 6.09. The van der Waals surface area contributed by atoms with Gasteiger partial charge in [-0.05, 0) is 23.3 Å². The number of benzene rings is 1. The van der Waals surface area contributed by atoms with Crippen LogP contribution in [0.2, 0.25) is 0 Å². The standard InChI is InChI=1S/C9H12N2OS/c1-13(12)11-9-3-2-7-5-10-6-8(7)4-9/h2-4,10-11H,5-6H2,1H3. The summed E-state index contributed by atoms with van der Waals surface area (Å²) < 4.78 is 13.8. The Morgan fingerprint density at radius 2 is 2.15 bits per heavy atom. The molecule has 0 saturated carbocycles. The molecule has 0 saturated heterocycles. The molecule has 0 aliphatic carbocycles. The van der Waals surface area contributed by atoms with Gasteiger partial charge in [-0.2, -0.15) is 0 Å². The average Bonchev–Trinajstić information content (AvgIpc) is 2.49. The highest BCUT2D eigenvalue weighted by atomic mass is 32.2. The van der Waals surface area contributed by atoms with Crippen LogP contribution in [0.5, 0.6) is 0 Å². The quantitative estimate of drug-likeness (QED) is 0.694. The third-order valence-electron chi connectivity index (χ3n) is 2.10. The molecular weight excluding hydrogens is 184 g/mol.